The van der Waals surface area contributed by atoms with Gasteiger partial charge in [0.15, 0.2) is 0 Å². The maximum Gasteiger partial charge on any atom is 0.336 e. The summed E-state index contributed by atoms with van der Waals surface area (Å²) in [6, 6.07) is 7.13. The third kappa shape index (κ3) is 5.65. The van der Waals surface area contributed by atoms with E-state index in [9.17, 15) is 9.59 Å². The minimum Gasteiger partial charge on any atom is -0.468 e. The minimum absolute atomic E-state index is 0.0755. The van der Waals surface area contributed by atoms with Crippen LogP contribution in [0.5, 0.6) is 0 Å². The highest BCUT2D eigenvalue weighted by atomic mass is 35.5. The molecule has 0 fully saturated rings. The SMILES string of the molecule is CCOC(=O)C1=C(COCCn2c(C)nc(C)c2C)N=C(C)C(C(=O)OC)C1c1ccccc1Cl. The Hall–Kier alpha value is -2.97. The van der Waals surface area contributed by atoms with Crippen molar-refractivity contribution >= 4 is 29.3 Å². The van der Waals surface area contributed by atoms with Gasteiger partial charge in [-0.1, -0.05) is 29.8 Å². The molecule has 0 radical (unpaired) electrons. The number of carbonyl (C=O) groups is 2. The number of carbonyl (C=O) groups excluding carboxylic acids is 2. The number of aliphatic imine (C=N–C) groups is 1. The number of hydrogen-bond acceptors (Lipinski definition) is 7. The first-order valence-electron chi connectivity index (χ1n) is 11.6. The van der Waals surface area contributed by atoms with Crippen LogP contribution in [-0.4, -0.2) is 54.1 Å². The van der Waals surface area contributed by atoms with E-state index < -0.39 is 23.8 Å². The van der Waals surface area contributed by atoms with Gasteiger partial charge in [-0.15, -0.1) is 0 Å². The molecule has 0 saturated heterocycles. The summed E-state index contributed by atoms with van der Waals surface area (Å²) in [6.07, 6.45) is 0. The molecular formula is C26H32ClN3O5. The highest BCUT2D eigenvalue weighted by molar-refractivity contribution is 6.31. The topological polar surface area (TPSA) is 92.0 Å². The number of nitrogens with zero attached hydrogens (tertiary/aromatic N) is 3. The van der Waals surface area contributed by atoms with Crippen molar-refractivity contribution in [3.05, 3.63) is 63.3 Å². The van der Waals surface area contributed by atoms with Gasteiger partial charge in [-0.05, 0) is 46.2 Å². The summed E-state index contributed by atoms with van der Waals surface area (Å²) in [7, 11) is 1.31. The summed E-state index contributed by atoms with van der Waals surface area (Å²) >= 11 is 6.53. The largest absolute Gasteiger partial charge is 0.468 e. The Morgan fingerprint density at radius 2 is 1.86 bits per heavy atom. The molecule has 8 nitrogen and oxygen atoms in total. The van der Waals surface area contributed by atoms with Gasteiger partial charge in [0, 0.05) is 28.9 Å². The molecule has 0 N–H and O–H groups in total. The van der Waals surface area contributed by atoms with Crippen LogP contribution in [0.1, 0.15) is 42.5 Å². The monoisotopic (exact) mass is 501 g/mol. The van der Waals surface area contributed by atoms with E-state index in [1.807, 2.05) is 26.8 Å². The van der Waals surface area contributed by atoms with Crippen LogP contribution >= 0.6 is 11.6 Å². The molecule has 3 rings (SSSR count). The lowest BCUT2D eigenvalue weighted by atomic mass is 9.75. The van der Waals surface area contributed by atoms with Crippen molar-refractivity contribution in [2.45, 2.75) is 47.1 Å². The van der Waals surface area contributed by atoms with Crippen LogP contribution in [0.2, 0.25) is 5.02 Å². The van der Waals surface area contributed by atoms with Crippen molar-refractivity contribution in [1.82, 2.24) is 9.55 Å². The van der Waals surface area contributed by atoms with E-state index in [-0.39, 0.29) is 18.8 Å². The van der Waals surface area contributed by atoms with Gasteiger partial charge in [-0.25, -0.2) is 9.78 Å². The zero-order valence-electron chi connectivity index (χ0n) is 21.1. The third-order valence-corrected chi connectivity index (χ3v) is 6.60. The van der Waals surface area contributed by atoms with Crippen molar-refractivity contribution in [1.29, 1.82) is 0 Å². The molecule has 1 aromatic carbocycles. The fraction of sp³-hybridized carbons (Fsp3) is 0.462. The van der Waals surface area contributed by atoms with Gasteiger partial charge in [0.25, 0.3) is 0 Å². The Morgan fingerprint density at radius 1 is 1.14 bits per heavy atom. The zero-order chi connectivity index (χ0) is 25.7. The van der Waals surface area contributed by atoms with Gasteiger partial charge < -0.3 is 18.8 Å². The maximum atomic E-state index is 13.2. The summed E-state index contributed by atoms with van der Waals surface area (Å²) < 4.78 is 18.5. The second-order valence-electron chi connectivity index (χ2n) is 8.37. The van der Waals surface area contributed by atoms with Crippen LogP contribution < -0.4 is 0 Å². The van der Waals surface area contributed by atoms with Crippen LogP contribution in [-0.2, 0) is 30.3 Å². The third-order valence-electron chi connectivity index (χ3n) is 6.25. The molecule has 1 aliphatic rings. The van der Waals surface area contributed by atoms with Gasteiger partial charge in [-0.2, -0.15) is 0 Å². The van der Waals surface area contributed by atoms with Crippen molar-refractivity contribution in [3.8, 4) is 0 Å². The van der Waals surface area contributed by atoms with Crippen LogP contribution in [0.25, 0.3) is 0 Å². The molecule has 2 aromatic rings. The summed E-state index contributed by atoms with van der Waals surface area (Å²) in [5, 5.41) is 0.435. The van der Waals surface area contributed by atoms with E-state index in [4.69, 9.17) is 25.8 Å². The average molecular weight is 502 g/mol. The highest BCUT2D eigenvalue weighted by Crippen LogP contribution is 2.42. The predicted molar refractivity (Wildman–Crippen MR) is 134 cm³/mol. The van der Waals surface area contributed by atoms with Crippen molar-refractivity contribution in [2.75, 3.05) is 26.9 Å². The average Bonchev–Trinajstić information content (AvgIpc) is 3.07. The molecule has 0 saturated carbocycles. The number of ether oxygens (including phenoxy) is 3. The normalized spacial score (nSPS) is 17.9. The zero-order valence-corrected chi connectivity index (χ0v) is 21.8. The Morgan fingerprint density at radius 3 is 2.46 bits per heavy atom. The molecule has 2 atom stereocenters. The van der Waals surface area contributed by atoms with E-state index in [0.29, 0.717) is 35.1 Å². The fourth-order valence-electron chi connectivity index (χ4n) is 4.47. The number of aryl methyl sites for hydroxylation is 2. The van der Waals surface area contributed by atoms with Gasteiger partial charge in [0.2, 0.25) is 0 Å². The van der Waals surface area contributed by atoms with Crippen LogP contribution in [0.15, 0.2) is 40.5 Å². The first kappa shape index (κ1) is 26.6. The Balaban J connectivity index is 1.98. The quantitative estimate of drug-likeness (QED) is 0.375. The molecule has 0 aliphatic carbocycles. The first-order valence-corrected chi connectivity index (χ1v) is 11.9. The van der Waals surface area contributed by atoms with Gasteiger partial charge >= 0.3 is 11.9 Å². The lowest BCUT2D eigenvalue weighted by Gasteiger charge is -2.32. The number of hydrogen-bond donors (Lipinski definition) is 0. The number of rotatable bonds is 9. The molecule has 1 aromatic heterocycles. The molecule has 9 heteroatoms. The van der Waals surface area contributed by atoms with E-state index in [1.165, 1.54) is 7.11 Å². The van der Waals surface area contributed by atoms with Crippen LogP contribution in [0.3, 0.4) is 0 Å². The second-order valence-corrected chi connectivity index (χ2v) is 8.78. The number of halogens is 1. The summed E-state index contributed by atoms with van der Waals surface area (Å²) in [4.78, 5) is 35.1. The lowest BCUT2D eigenvalue weighted by Crippen LogP contribution is -2.37. The number of benzene rings is 1. The molecule has 188 valence electrons. The smallest absolute Gasteiger partial charge is 0.336 e. The fourth-order valence-corrected chi connectivity index (χ4v) is 4.72. The Kier molecular flexibility index (Phi) is 8.86. The molecule has 35 heavy (non-hydrogen) atoms. The number of esters is 2. The molecule has 1 aliphatic heterocycles. The van der Waals surface area contributed by atoms with Gasteiger partial charge in [0.1, 0.15) is 11.7 Å². The van der Waals surface area contributed by atoms with Crippen molar-refractivity contribution in [3.63, 3.8) is 0 Å². The summed E-state index contributed by atoms with van der Waals surface area (Å²) in [6.45, 7) is 10.7. The molecule has 2 heterocycles. The van der Waals surface area contributed by atoms with Gasteiger partial charge in [0.05, 0.1) is 43.9 Å². The summed E-state index contributed by atoms with van der Waals surface area (Å²) in [5.74, 6) is -1.67. The number of methoxy groups -OCH3 is 1. The van der Waals surface area contributed by atoms with E-state index in [1.54, 1.807) is 32.0 Å². The van der Waals surface area contributed by atoms with E-state index in [2.05, 4.69) is 14.5 Å². The first-order chi connectivity index (χ1) is 16.7. The van der Waals surface area contributed by atoms with Crippen molar-refractivity contribution in [2.24, 2.45) is 10.9 Å². The van der Waals surface area contributed by atoms with Crippen molar-refractivity contribution < 1.29 is 23.8 Å². The Bertz CT molecular complexity index is 1170. The lowest BCUT2D eigenvalue weighted by molar-refractivity contribution is -0.144. The standard InChI is InChI=1S/C26H32ClN3O5/c1-7-35-26(32)24-21(14-34-13-12-30-17(4)15(2)28-18(30)5)29-16(3)22(25(31)33-6)23(24)19-10-8-9-11-20(19)27/h8-11,22-23H,7,12-14H2,1-6H3. The predicted octanol–water partition coefficient (Wildman–Crippen LogP) is 4.34. The molecule has 0 spiro atoms. The van der Waals surface area contributed by atoms with Gasteiger partial charge in [-0.3, -0.25) is 9.79 Å². The van der Waals surface area contributed by atoms with Crippen LogP contribution in [0.4, 0.5) is 0 Å². The number of imidazole rings is 1. The Labute approximate surface area is 210 Å². The highest BCUT2D eigenvalue weighted by Gasteiger charge is 2.43. The number of aromatic nitrogens is 2. The minimum atomic E-state index is -0.817. The molecule has 0 bridgehead atoms. The van der Waals surface area contributed by atoms with E-state index >= 15 is 0 Å². The van der Waals surface area contributed by atoms with Crippen LogP contribution in [0, 0.1) is 26.7 Å². The maximum absolute atomic E-state index is 13.2. The molecule has 0 amide bonds. The molecular weight excluding hydrogens is 470 g/mol. The summed E-state index contributed by atoms with van der Waals surface area (Å²) in [5.41, 5.74) is 3.89. The molecule has 2 unspecified atom stereocenters. The van der Waals surface area contributed by atoms with E-state index in [0.717, 1.165) is 17.2 Å². The second kappa shape index (κ2) is 11.6.